The molecule has 84 valence electrons. The maximum absolute atomic E-state index is 10.7. The SMILES string of the molecule is CC(=O)Oc1ccc([C@H]2COC(=O)O2)cc1. The van der Waals surface area contributed by atoms with Crippen LogP contribution < -0.4 is 4.74 Å². The van der Waals surface area contributed by atoms with Crippen molar-refractivity contribution < 1.29 is 23.8 Å². The van der Waals surface area contributed by atoms with Crippen LogP contribution in [-0.4, -0.2) is 18.7 Å². The van der Waals surface area contributed by atoms with E-state index in [-0.39, 0.29) is 18.7 Å². The normalized spacial score (nSPS) is 18.8. The van der Waals surface area contributed by atoms with Crippen LogP contribution >= 0.6 is 0 Å². The zero-order valence-corrected chi connectivity index (χ0v) is 8.64. The van der Waals surface area contributed by atoms with Crippen LogP contribution in [0.3, 0.4) is 0 Å². The van der Waals surface area contributed by atoms with Crippen LogP contribution in [0.2, 0.25) is 0 Å². The molecule has 1 heterocycles. The van der Waals surface area contributed by atoms with Gasteiger partial charge in [0.15, 0.2) is 6.10 Å². The third-order valence-electron chi connectivity index (χ3n) is 2.10. The van der Waals surface area contributed by atoms with Crippen LogP contribution in [-0.2, 0) is 14.3 Å². The van der Waals surface area contributed by atoms with Gasteiger partial charge in [-0.2, -0.15) is 0 Å². The van der Waals surface area contributed by atoms with Crippen molar-refractivity contribution in [1.82, 2.24) is 0 Å². The Morgan fingerprint density at radius 2 is 2.06 bits per heavy atom. The molecule has 0 saturated carbocycles. The molecule has 0 spiro atoms. The average Bonchev–Trinajstić information content (AvgIpc) is 2.65. The van der Waals surface area contributed by atoms with E-state index in [1.54, 1.807) is 24.3 Å². The lowest BCUT2D eigenvalue weighted by atomic mass is 10.1. The van der Waals surface area contributed by atoms with Crippen LogP contribution in [0.5, 0.6) is 5.75 Å². The number of carbonyl (C=O) groups is 2. The molecule has 1 aliphatic rings. The van der Waals surface area contributed by atoms with E-state index in [2.05, 4.69) is 4.74 Å². The second kappa shape index (κ2) is 4.22. The summed E-state index contributed by atoms with van der Waals surface area (Å²) < 4.78 is 14.4. The first-order chi connectivity index (χ1) is 7.65. The largest absolute Gasteiger partial charge is 0.509 e. The van der Waals surface area contributed by atoms with Gasteiger partial charge in [0, 0.05) is 6.92 Å². The molecule has 1 fully saturated rings. The highest BCUT2D eigenvalue weighted by Gasteiger charge is 2.26. The molecular formula is C11H10O5. The Labute approximate surface area is 91.9 Å². The smallest absolute Gasteiger partial charge is 0.430 e. The van der Waals surface area contributed by atoms with Gasteiger partial charge in [-0.15, -0.1) is 0 Å². The number of ether oxygens (including phenoxy) is 3. The molecule has 2 rings (SSSR count). The quantitative estimate of drug-likeness (QED) is 0.564. The van der Waals surface area contributed by atoms with Gasteiger partial charge in [0.05, 0.1) is 0 Å². The minimum Gasteiger partial charge on any atom is -0.430 e. The maximum atomic E-state index is 10.7. The second-order valence-electron chi connectivity index (χ2n) is 3.33. The molecule has 1 atom stereocenters. The van der Waals surface area contributed by atoms with Crippen molar-refractivity contribution in [3.05, 3.63) is 29.8 Å². The molecule has 0 bridgehead atoms. The Bertz CT molecular complexity index is 409. The molecule has 5 nitrogen and oxygen atoms in total. The summed E-state index contributed by atoms with van der Waals surface area (Å²) in [7, 11) is 0. The van der Waals surface area contributed by atoms with E-state index in [0.717, 1.165) is 5.56 Å². The summed E-state index contributed by atoms with van der Waals surface area (Å²) in [5.74, 6) is 0.0878. The number of hydrogen-bond acceptors (Lipinski definition) is 5. The predicted octanol–water partition coefficient (Wildman–Crippen LogP) is 1.82. The summed E-state index contributed by atoms with van der Waals surface area (Å²) in [6, 6.07) is 6.74. The molecule has 0 N–H and O–H groups in total. The molecule has 1 aromatic carbocycles. The van der Waals surface area contributed by atoms with Gasteiger partial charge < -0.3 is 14.2 Å². The van der Waals surface area contributed by atoms with Gasteiger partial charge in [0.25, 0.3) is 0 Å². The Hall–Kier alpha value is -2.04. The van der Waals surface area contributed by atoms with Gasteiger partial charge >= 0.3 is 12.1 Å². The molecule has 0 amide bonds. The standard InChI is InChI=1S/C11H10O5/c1-7(12)15-9-4-2-8(3-5-9)10-6-14-11(13)16-10/h2-5,10H,6H2,1H3/t10-/m1/s1. The third-order valence-corrected chi connectivity index (χ3v) is 2.10. The number of carbonyl (C=O) groups excluding carboxylic acids is 2. The van der Waals surface area contributed by atoms with Gasteiger partial charge in [0.1, 0.15) is 12.4 Å². The fourth-order valence-electron chi connectivity index (χ4n) is 1.41. The number of rotatable bonds is 2. The molecule has 0 unspecified atom stereocenters. The summed E-state index contributed by atoms with van der Waals surface area (Å²) in [4.78, 5) is 21.4. The monoisotopic (exact) mass is 222 g/mol. The zero-order chi connectivity index (χ0) is 11.5. The summed E-state index contributed by atoms with van der Waals surface area (Å²) in [6.07, 6.45) is -1.03. The zero-order valence-electron chi connectivity index (χ0n) is 8.64. The maximum Gasteiger partial charge on any atom is 0.509 e. The first-order valence-electron chi connectivity index (χ1n) is 4.77. The molecule has 0 radical (unpaired) electrons. The van der Waals surface area contributed by atoms with E-state index in [0.29, 0.717) is 5.75 Å². The van der Waals surface area contributed by atoms with E-state index in [1.807, 2.05) is 0 Å². The molecule has 16 heavy (non-hydrogen) atoms. The summed E-state index contributed by atoms with van der Waals surface area (Å²) >= 11 is 0. The predicted molar refractivity (Wildman–Crippen MR) is 52.9 cm³/mol. The molecule has 5 heteroatoms. The van der Waals surface area contributed by atoms with Crippen molar-refractivity contribution in [1.29, 1.82) is 0 Å². The van der Waals surface area contributed by atoms with Crippen molar-refractivity contribution >= 4 is 12.1 Å². The molecule has 0 aliphatic carbocycles. The minimum atomic E-state index is -0.658. The first-order valence-corrected chi connectivity index (χ1v) is 4.77. The molecule has 0 aromatic heterocycles. The van der Waals surface area contributed by atoms with Crippen molar-refractivity contribution in [3.8, 4) is 5.75 Å². The highest BCUT2D eigenvalue weighted by Crippen LogP contribution is 2.25. The Morgan fingerprint density at radius 3 is 2.56 bits per heavy atom. The number of benzene rings is 1. The number of hydrogen-bond donors (Lipinski definition) is 0. The van der Waals surface area contributed by atoms with Crippen LogP contribution in [0, 0.1) is 0 Å². The lowest BCUT2D eigenvalue weighted by Gasteiger charge is -2.07. The van der Waals surface area contributed by atoms with Crippen molar-refractivity contribution in [2.24, 2.45) is 0 Å². The van der Waals surface area contributed by atoms with Gasteiger partial charge in [-0.05, 0) is 17.7 Å². The number of esters is 1. The second-order valence-corrected chi connectivity index (χ2v) is 3.33. The van der Waals surface area contributed by atoms with Crippen LogP contribution in [0.15, 0.2) is 24.3 Å². The third kappa shape index (κ3) is 2.31. The van der Waals surface area contributed by atoms with Gasteiger partial charge in [-0.25, -0.2) is 4.79 Å². The Kier molecular flexibility index (Phi) is 2.76. The lowest BCUT2D eigenvalue weighted by molar-refractivity contribution is -0.131. The van der Waals surface area contributed by atoms with Gasteiger partial charge in [-0.1, -0.05) is 12.1 Å². The number of cyclic esters (lactones) is 2. The van der Waals surface area contributed by atoms with Crippen molar-refractivity contribution in [2.45, 2.75) is 13.0 Å². The minimum absolute atomic E-state index is 0.214. The molecule has 1 aromatic rings. The van der Waals surface area contributed by atoms with Crippen LogP contribution in [0.1, 0.15) is 18.6 Å². The summed E-state index contributed by atoms with van der Waals surface area (Å²) in [6.45, 7) is 1.55. The van der Waals surface area contributed by atoms with E-state index < -0.39 is 6.16 Å². The van der Waals surface area contributed by atoms with E-state index in [1.165, 1.54) is 6.92 Å². The first kappa shape index (κ1) is 10.5. The van der Waals surface area contributed by atoms with Crippen molar-refractivity contribution in [3.63, 3.8) is 0 Å². The van der Waals surface area contributed by atoms with E-state index >= 15 is 0 Å². The molecular weight excluding hydrogens is 212 g/mol. The topological polar surface area (TPSA) is 61.8 Å². The van der Waals surface area contributed by atoms with Gasteiger partial charge in [0.2, 0.25) is 0 Å². The van der Waals surface area contributed by atoms with E-state index in [9.17, 15) is 9.59 Å². The lowest BCUT2D eigenvalue weighted by Crippen LogP contribution is -2.03. The van der Waals surface area contributed by atoms with Crippen molar-refractivity contribution in [2.75, 3.05) is 6.61 Å². The Balaban J connectivity index is 2.07. The van der Waals surface area contributed by atoms with Crippen LogP contribution in [0.4, 0.5) is 4.79 Å². The fourth-order valence-corrected chi connectivity index (χ4v) is 1.41. The molecule has 1 aliphatic heterocycles. The summed E-state index contributed by atoms with van der Waals surface area (Å²) in [5.41, 5.74) is 0.807. The average molecular weight is 222 g/mol. The van der Waals surface area contributed by atoms with E-state index in [4.69, 9.17) is 9.47 Å². The fraction of sp³-hybridized carbons (Fsp3) is 0.273. The Morgan fingerprint density at radius 1 is 1.38 bits per heavy atom. The van der Waals surface area contributed by atoms with Crippen LogP contribution in [0.25, 0.3) is 0 Å². The summed E-state index contributed by atoms with van der Waals surface area (Å²) in [5, 5.41) is 0. The molecule has 1 saturated heterocycles. The highest BCUT2D eigenvalue weighted by molar-refractivity contribution is 5.69. The van der Waals surface area contributed by atoms with Gasteiger partial charge in [-0.3, -0.25) is 4.79 Å². The highest BCUT2D eigenvalue weighted by atomic mass is 16.8.